The Labute approximate surface area is 121 Å². The molecule has 2 aromatic rings. The number of ether oxygens (including phenoxy) is 1. The molecule has 3 heterocycles. The molecule has 0 bridgehead atoms. The van der Waals surface area contributed by atoms with Gasteiger partial charge in [0.1, 0.15) is 10.6 Å². The lowest BCUT2D eigenvalue weighted by Gasteiger charge is -2.32. The van der Waals surface area contributed by atoms with Crippen molar-refractivity contribution in [1.82, 2.24) is 9.97 Å². The normalized spacial score (nSPS) is 17.3. The number of rotatable bonds is 3. The van der Waals surface area contributed by atoms with Crippen molar-refractivity contribution in [3.8, 4) is 0 Å². The van der Waals surface area contributed by atoms with Gasteiger partial charge < -0.3 is 9.64 Å². The molecule has 0 amide bonds. The van der Waals surface area contributed by atoms with Gasteiger partial charge in [-0.25, -0.2) is 4.98 Å². The molecule has 102 valence electrons. The van der Waals surface area contributed by atoms with Gasteiger partial charge in [0.25, 0.3) is 0 Å². The molecule has 1 aliphatic rings. The second-order valence-corrected chi connectivity index (χ2v) is 6.07. The molecule has 0 radical (unpaired) electrons. The van der Waals surface area contributed by atoms with Gasteiger partial charge in [-0.05, 0) is 41.8 Å². The maximum absolute atomic E-state index is 6.02. The Morgan fingerprint density at radius 1 is 1.42 bits per heavy atom. The Balaban J connectivity index is 1.83. The van der Waals surface area contributed by atoms with Crippen LogP contribution < -0.4 is 4.90 Å². The van der Waals surface area contributed by atoms with Crippen LogP contribution in [-0.2, 0) is 4.74 Å². The van der Waals surface area contributed by atoms with Crippen molar-refractivity contribution in [3.63, 3.8) is 0 Å². The molecule has 0 spiro atoms. The van der Waals surface area contributed by atoms with Crippen LogP contribution in [-0.4, -0.2) is 36.8 Å². The lowest BCUT2D eigenvalue weighted by molar-refractivity contribution is 0.139. The SMILES string of the molecule is COCC1CCN(c2nc(Cl)nc3sccc23)CC1. The van der Waals surface area contributed by atoms with E-state index in [0.717, 1.165) is 48.6 Å². The number of piperidine rings is 1. The first-order valence-electron chi connectivity index (χ1n) is 6.42. The smallest absolute Gasteiger partial charge is 0.225 e. The lowest BCUT2D eigenvalue weighted by atomic mass is 9.98. The van der Waals surface area contributed by atoms with Crippen LogP contribution in [0.2, 0.25) is 5.28 Å². The van der Waals surface area contributed by atoms with Gasteiger partial charge in [0.15, 0.2) is 0 Å². The summed E-state index contributed by atoms with van der Waals surface area (Å²) in [5.41, 5.74) is 0. The van der Waals surface area contributed by atoms with Crippen molar-refractivity contribution < 1.29 is 4.74 Å². The van der Waals surface area contributed by atoms with Crippen LogP contribution in [0, 0.1) is 5.92 Å². The fraction of sp³-hybridized carbons (Fsp3) is 0.538. The average molecular weight is 298 g/mol. The first-order valence-corrected chi connectivity index (χ1v) is 7.68. The number of fused-ring (bicyclic) bond motifs is 1. The van der Waals surface area contributed by atoms with Crippen LogP contribution in [0.4, 0.5) is 5.82 Å². The summed E-state index contributed by atoms with van der Waals surface area (Å²) in [5.74, 6) is 1.64. The second-order valence-electron chi connectivity index (χ2n) is 4.84. The van der Waals surface area contributed by atoms with Crippen LogP contribution in [0.5, 0.6) is 0 Å². The number of hydrogen-bond acceptors (Lipinski definition) is 5. The third-order valence-electron chi connectivity index (χ3n) is 3.59. The van der Waals surface area contributed by atoms with Crippen LogP contribution in [0.1, 0.15) is 12.8 Å². The maximum atomic E-state index is 6.02. The molecule has 1 fully saturated rings. The molecule has 19 heavy (non-hydrogen) atoms. The van der Waals surface area contributed by atoms with Gasteiger partial charge in [0.2, 0.25) is 5.28 Å². The molecule has 0 atom stereocenters. The van der Waals surface area contributed by atoms with E-state index in [9.17, 15) is 0 Å². The van der Waals surface area contributed by atoms with Gasteiger partial charge >= 0.3 is 0 Å². The number of halogens is 1. The number of aromatic nitrogens is 2. The minimum absolute atomic E-state index is 0.337. The van der Waals surface area contributed by atoms with E-state index < -0.39 is 0 Å². The highest BCUT2D eigenvalue weighted by Crippen LogP contribution is 2.31. The molecular formula is C13H16ClN3OS. The molecule has 0 aromatic carbocycles. The topological polar surface area (TPSA) is 38.2 Å². The van der Waals surface area contributed by atoms with E-state index in [-0.39, 0.29) is 0 Å². The van der Waals surface area contributed by atoms with Gasteiger partial charge in [0, 0.05) is 26.8 Å². The van der Waals surface area contributed by atoms with Crippen LogP contribution in [0.3, 0.4) is 0 Å². The Kier molecular flexibility index (Phi) is 3.86. The fourth-order valence-corrected chi connectivity index (χ4v) is 3.58. The Morgan fingerprint density at radius 2 is 2.21 bits per heavy atom. The summed E-state index contributed by atoms with van der Waals surface area (Å²) in [6.45, 7) is 2.87. The van der Waals surface area contributed by atoms with Crippen molar-refractivity contribution in [1.29, 1.82) is 0 Å². The molecular weight excluding hydrogens is 282 g/mol. The molecule has 0 N–H and O–H groups in total. The number of hydrogen-bond donors (Lipinski definition) is 0. The van der Waals surface area contributed by atoms with Gasteiger partial charge in [-0.3, -0.25) is 0 Å². The largest absolute Gasteiger partial charge is 0.384 e. The summed E-state index contributed by atoms with van der Waals surface area (Å²) < 4.78 is 5.24. The third-order valence-corrected chi connectivity index (χ3v) is 4.57. The van der Waals surface area contributed by atoms with E-state index in [1.165, 1.54) is 0 Å². The standard InChI is InChI=1S/C13H16ClN3OS/c1-18-8-9-2-5-17(6-3-9)11-10-4-7-19-12(10)16-13(14)15-11/h4,7,9H,2-3,5-6,8H2,1H3. The number of nitrogens with zero attached hydrogens (tertiary/aromatic N) is 3. The van der Waals surface area contributed by atoms with Crippen LogP contribution in [0.25, 0.3) is 10.2 Å². The first kappa shape index (κ1) is 13.1. The van der Waals surface area contributed by atoms with E-state index in [2.05, 4.69) is 20.9 Å². The highest BCUT2D eigenvalue weighted by molar-refractivity contribution is 7.16. The highest BCUT2D eigenvalue weighted by Gasteiger charge is 2.22. The number of anilines is 1. The van der Waals surface area contributed by atoms with E-state index in [0.29, 0.717) is 11.2 Å². The van der Waals surface area contributed by atoms with Gasteiger partial charge in [-0.15, -0.1) is 11.3 Å². The Bertz CT molecular complexity index is 566. The zero-order valence-corrected chi connectivity index (χ0v) is 12.4. The Morgan fingerprint density at radius 3 is 2.95 bits per heavy atom. The molecule has 0 unspecified atom stereocenters. The quantitative estimate of drug-likeness (QED) is 0.816. The number of methoxy groups -OCH3 is 1. The van der Waals surface area contributed by atoms with Crippen molar-refractivity contribution in [2.45, 2.75) is 12.8 Å². The molecule has 1 saturated heterocycles. The van der Waals surface area contributed by atoms with Crippen LogP contribution >= 0.6 is 22.9 Å². The predicted molar refractivity (Wildman–Crippen MR) is 79.2 cm³/mol. The van der Waals surface area contributed by atoms with Crippen molar-refractivity contribution in [2.75, 3.05) is 31.7 Å². The number of thiophene rings is 1. The molecule has 3 rings (SSSR count). The van der Waals surface area contributed by atoms with E-state index in [1.807, 2.05) is 5.38 Å². The first-order chi connectivity index (χ1) is 9.28. The molecule has 2 aromatic heterocycles. The average Bonchev–Trinajstić information content (AvgIpc) is 2.87. The zero-order chi connectivity index (χ0) is 13.2. The molecule has 4 nitrogen and oxygen atoms in total. The van der Waals surface area contributed by atoms with Gasteiger partial charge in [-0.2, -0.15) is 4.98 Å². The predicted octanol–water partition coefficient (Wildman–Crippen LogP) is 3.21. The van der Waals surface area contributed by atoms with Gasteiger partial charge in [0.05, 0.1) is 5.39 Å². The van der Waals surface area contributed by atoms with E-state index >= 15 is 0 Å². The summed E-state index contributed by atoms with van der Waals surface area (Å²) in [4.78, 5) is 12.0. The fourth-order valence-electron chi connectivity index (χ4n) is 2.60. The molecule has 0 saturated carbocycles. The lowest BCUT2D eigenvalue weighted by Crippen LogP contribution is -2.35. The summed E-state index contributed by atoms with van der Waals surface area (Å²) in [6.07, 6.45) is 2.28. The second kappa shape index (κ2) is 5.61. The molecule has 0 aliphatic carbocycles. The van der Waals surface area contributed by atoms with Gasteiger partial charge in [-0.1, -0.05) is 0 Å². The highest BCUT2D eigenvalue weighted by atomic mass is 35.5. The van der Waals surface area contributed by atoms with E-state index in [1.54, 1.807) is 18.4 Å². The molecule has 1 aliphatic heterocycles. The van der Waals surface area contributed by atoms with Crippen LogP contribution in [0.15, 0.2) is 11.4 Å². The third kappa shape index (κ3) is 2.68. The zero-order valence-electron chi connectivity index (χ0n) is 10.8. The van der Waals surface area contributed by atoms with E-state index in [4.69, 9.17) is 16.3 Å². The summed E-state index contributed by atoms with van der Waals surface area (Å²) in [6, 6.07) is 2.08. The monoisotopic (exact) mass is 297 g/mol. The summed E-state index contributed by atoms with van der Waals surface area (Å²) in [5, 5.41) is 3.49. The van der Waals surface area contributed by atoms with Crippen molar-refractivity contribution in [3.05, 3.63) is 16.7 Å². The minimum atomic E-state index is 0.337. The summed E-state index contributed by atoms with van der Waals surface area (Å²) >= 11 is 7.62. The molecule has 6 heteroatoms. The minimum Gasteiger partial charge on any atom is -0.384 e. The maximum Gasteiger partial charge on any atom is 0.225 e. The van der Waals surface area contributed by atoms with Crippen molar-refractivity contribution >= 4 is 39.0 Å². The Hall–Kier alpha value is -0.910. The van der Waals surface area contributed by atoms with Crippen molar-refractivity contribution in [2.24, 2.45) is 5.92 Å². The summed E-state index contributed by atoms with van der Waals surface area (Å²) in [7, 11) is 1.77.